The third kappa shape index (κ3) is 3.84. The lowest BCUT2D eigenvalue weighted by Gasteiger charge is -2.13. The van der Waals surface area contributed by atoms with Gasteiger partial charge in [-0.15, -0.1) is 0 Å². The summed E-state index contributed by atoms with van der Waals surface area (Å²) in [5.41, 5.74) is 2.45. The van der Waals surface area contributed by atoms with E-state index in [1.54, 1.807) is 30.7 Å². The number of aromatic nitrogens is 2. The van der Waals surface area contributed by atoms with E-state index in [9.17, 15) is 9.90 Å². The fourth-order valence-electron chi connectivity index (χ4n) is 3.08. The van der Waals surface area contributed by atoms with Crippen LogP contribution in [-0.2, 0) is 11.3 Å². The molecule has 144 valence electrons. The largest absolute Gasteiger partial charge is 0.493 e. The molecule has 0 saturated heterocycles. The first-order chi connectivity index (χ1) is 13.1. The van der Waals surface area contributed by atoms with E-state index in [1.165, 1.54) is 0 Å². The van der Waals surface area contributed by atoms with E-state index in [1.807, 2.05) is 31.2 Å². The van der Waals surface area contributed by atoms with Gasteiger partial charge in [0, 0.05) is 12.2 Å². The standard InChI is InChI=1S/C20H24N2O5/c1-4-26-17-11-13(9-10-16(17)25-3)12-22-15-8-6-7-14(19(23)27-5-2)18(15)21-20(22)24/h6-11,19,23H,4-5,12H2,1-3H3,(H,21,24). The number of fused-ring (bicyclic) bond motifs is 1. The van der Waals surface area contributed by atoms with Crippen LogP contribution < -0.4 is 15.2 Å². The van der Waals surface area contributed by atoms with Gasteiger partial charge in [-0.1, -0.05) is 18.2 Å². The van der Waals surface area contributed by atoms with Crippen LogP contribution in [0.15, 0.2) is 41.2 Å². The Kier molecular flexibility index (Phi) is 5.83. The molecule has 1 aromatic heterocycles. The molecule has 0 fully saturated rings. The van der Waals surface area contributed by atoms with Gasteiger partial charge in [0.25, 0.3) is 0 Å². The number of rotatable bonds is 8. The Labute approximate surface area is 157 Å². The number of H-pyrrole nitrogens is 1. The molecule has 2 aromatic carbocycles. The maximum atomic E-state index is 12.5. The van der Waals surface area contributed by atoms with Gasteiger partial charge in [-0.2, -0.15) is 0 Å². The molecule has 0 spiro atoms. The highest BCUT2D eigenvalue weighted by Crippen LogP contribution is 2.29. The molecule has 3 rings (SSSR count). The van der Waals surface area contributed by atoms with Crippen LogP contribution in [-0.4, -0.2) is 35.0 Å². The van der Waals surface area contributed by atoms with Gasteiger partial charge in [-0.05, 0) is 37.6 Å². The highest BCUT2D eigenvalue weighted by atomic mass is 16.6. The van der Waals surface area contributed by atoms with Gasteiger partial charge in [-0.3, -0.25) is 4.57 Å². The van der Waals surface area contributed by atoms with Gasteiger partial charge in [0.2, 0.25) is 0 Å². The molecule has 27 heavy (non-hydrogen) atoms. The molecule has 0 radical (unpaired) electrons. The molecule has 2 N–H and O–H groups in total. The number of ether oxygens (including phenoxy) is 3. The van der Waals surface area contributed by atoms with Crippen molar-refractivity contribution >= 4 is 11.0 Å². The van der Waals surface area contributed by atoms with Crippen LogP contribution >= 0.6 is 0 Å². The number of aliphatic hydroxyl groups is 1. The normalized spacial score (nSPS) is 12.3. The first kappa shape index (κ1) is 19.0. The van der Waals surface area contributed by atoms with Crippen molar-refractivity contribution in [3.8, 4) is 11.5 Å². The number of benzene rings is 2. The molecule has 3 aromatic rings. The lowest BCUT2D eigenvalue weighted by atomic mass is 10.1. The van der Waals surface area contributed by atoms with E-state index in [0.717, 1.165) is 5.56 Å². The number of hydrogen-bond donors (Lipinski definition) is 2. The molecule has 0 aliphatic rings. The number of para-hydroxylation sites is 1. The molecule has 1 unspecified atom stereocenters. The molecule has 7 heteroatoms. The Balaban J connectivity index is 2.01. The SMILES string of the molecule is CCOc1cc(Cn2c(=O)[nH]c3c(C(O)OCC)cccc32)ccc1OC. The monoisotopic (exact) mass is 372 g/mol. The van der Waals surface area contributed by atoms with Crippen LogP contribution in [0.25, 0.3) is 11.0 Å². The van der Waals surface area contributed by atoms with Crippen LogP contribution in [0.2, 0.25) is 0 Å². The summed E-state index contributed by atoms with van der Waals surface area (Å²) >= 11 is 0. The van der Waals surface area contributed by atoms with Crippen molar-refractivity contribution in [2.24, 2.45) is 0 Å². The fourth-order valence-corrected chi connectivity index (χ4v) is 3.08. The number of nitrogens with zero attached hydrogens (tertiary/aromatic N) is 1. The number of nitrogens with one attached hydrogen (secondary N) is 1. The zero-order valence-electron chi connectivity index (χ0n) is 15.7. The minimum absolute atomic E-state index is 0.255. The number of aromatic amines is 1. The van der Waals surface area contributed by atoms with Crippen molar-refractivity contribution in [1.29, 1.82) is 0 Å². The topological polar surface area (TPSA) is 85.7 Å². The predicted molar refractivity (Wildman–Crippen MR) is 102 cm³/mol. The van der Waals surface area contributed by atoms with Gasteiger partial charge in [0.05, 0.1) is 31.3 Å². The van der Waals surface area contributed by atoms with Crippen LogP contribution in [0.1, 0.15) is 31.3 Å². The highest BCUT2D eigenvalue weighted by Gasteiger charge is 2.16. The summed E-state index contributed by atoms with van der Waals surface area (Å²) in [5.74, 6) is 1.28. The first-order valence-electron chi connectivity index (χ1n) is 8.89. The molecule has 1 heterocycles. The van der Waals surface area contributed by atoms with Crippen LogP contribution in [0.5, 0.6) is 11.5 Å². The second-order valence-electron chi connectivity index (χ2n) is 5.98. The molecule has 0 saturated carbocycles. The summed E-state index contributed by atoms with van der Waals surface area (Å²) in [6.45, 7) is 4.95. The minimum Gasteiger partial charge on any atom is -0.493 e. The number of hydrogen-bond acceptors (Lipinski definition) is 5. The average molecular weight is 372 g/mol. The van der Waals surface area contributed by atoms with E-state index >= 15 is 0 Å². The molecule has 7 nitrogen and oxygen atoms in total. The van der Waals surface area contributed by atoms with E-state index in [2.05, 4.69) is 4.98 Å². The lowest BCUT2D eigenvalue weighted by molar-refractivity contribution is -0.0970. The molecular formula is C20H24N2O5. The van der Waals surface area contributed by atoms with Crippen molar-refractivity contribution in [3.05, 3.63) is 58.0 Å². The van der Waals surface area contributed by atoms with Crippen molar-refractivity contribution in [2.75, 3.05) is 20.3 Å². The summed E-state index contributed by atoms with van der Waals surface area (Å²) in [7, 11) is 1.59. The van der Waals surface area contributed by atoms with Gasteiger partial charge in [0.15, 0.2) is 17.8 Å². The molecule has 0 aliphatic carbocycles. The smallest absolute Gasteiger partial charge is 0.326 e. The Morgan fingerprint density at radius 1 is 1.15 bits per heavy atom. The van der Waals surface area contributed by atoms with E-state index in [4.69, 9.17) is 14.2 Å². The lowest BCUT2D eigenvalue weighted by Crippen LogP contribution is -2.17. The zero-order chi connectivity index (χ0) is 19.4. The van der Waals surface area contributed by atoms with Gasteiger partial charge in [0.1, 0.15) is 0 Å². The Morgan fingerprint density at radius 3 is 2.67 bits per heavy atom. The van der Waals surface area contributed by atoms with E-state index in [-0.39, 0.29) is 5.69 Å². The quantitative estimate of drug-likeness (QED) is 0.594. The van der Waals surface area contributed by atoms with Gasteiger partial charge < -0.3 is 24.3 Å². The summed E-state index contributed by atoms with van der Waals surface area (Å²) in [6.07, 6.45) is -1.09. The van der Waals surface area contributed by atoms with E-state index in [0.29, 0.717) is 47.9 Å². The van der Waals surface area contributed by atoms with Crippen molar-refractivity contribution in [1.82, 2.24) is 9.55 Å². The van der Waals surface area contributed by atoms with Crippen molar-refractivity contribution < 1.29 is 19.3 Å². The maximum Gasteiger partial charge on any atom is 0.326 e. The zero-order valence-corrected chi connectivity index (χ0v) is 15.7. The number of aliphatic hydroxyl groups excluding tert-OH is 1. The van der Waals surface area contributed by atoms with Gasteiger partial charge in [-0.25, -0.2) is 4.79 Å². The van der Waals surface area contributed by atoms with Crippen LogP contribution in [0.4, 0.5) is 0 Å². The Hall–Kier alpha value is -2.77. The van der Waals surface area contributed by atoms with Crippen LogP contribution in [0.3, 0.4) is 0 Å². The second kappa shape index (κ2) is 8.28. The van der Waals surface area contributed by atoms with Crippen molar-refractivity contribution in [2.45, 2.75) is 26.7 Å². The van der Waals surface area contributed by atoms with Crippen LogP contribution in [0, 0.1) is 0 Å². The number of methoxy groups -OCH3 is 1. The van der Waals surface area contributed by atoms with Gasteiger partial charge >= 0.3 is 5.69 Å². The molecule has 0 bridgehead atoms. The molecule has 0 aliphatic heterocycles. The molecule has 0 amide bonds. The maximum absolute atomic E-state index is 12.5. The first-order valence-corrected chi connectivity index (χ1v) is 8.89. The summed E-state index contributed by atoms with van der Waals surface area (Å²) < 4.78 is 17.8. The van der Waals surface area contributed by atoms with E-state index < -0.39 is 6.29 Å². The second-order valence-corrected chi connectivity index (χ2v) is 5.98. The summed E-state index contributed by atoms with van der Waals surface area (Å²) in [4.78, 5) is 15.4. The fraction of sp³-hybridized carbons (Fsp3) is 0.350. The average Bonchev–Trinajstić information content (AvgIpc) is 2.98. The third-order valence-corrected chi connectivity index (χ3v) is 4.30. The third-order valence-electron chi connectivity index (χ3n) is 4.30. The highest BCUT2D eigenvalue weighted by molar-refractivity contribution is 5.79. The summed E-state index contributed by atoms with van der Waals surface area (Å²) in [5, 5.41) is 10.2. The molecule has 1 atom stereocenters. The predicted octanol–water partition coefficient (Wildman–Crippen LogP) is 2.81. The number of imidazole rings is 1. The summed E-state index contributed by atoms with van der Waals surface area (Å²) in [6, 6.07) is 11.0. The Bertz CT molecular complexity index is 976. The minimum atomic E-state index is -1.09. The Morgan fingerprint density at radius 2 is 1.96 bits per heavy atom. The van der Waals surface area contributed by atoms with Crippen molar-refractivity contribution in [3.63, 3.8) is 0 Å². The molecular weight excluding hydrogens is 348 g/mol.